The largest absolute Gasteiger partial charge is 0.315 e. The first kappa shape index (κ1) is 7.17. The summed E-state index contributed by atoms with van der Waals surface area (Å²) in [5.74, 6) is 4.89. The summed E-state index contributed by atoms with van der Waals surface area (Å²) >= 11 is 0. The molecule has 0 spiro atoms. The predicted molar refractivity (Wildman–Crippen MR) is 35.2 cm³/mol. The Hall–Kier alpha value is -0.830. The van der Waals surface area contributed by atoms with Gasteiger partial charge < -0.3 is 5.43 Å². The van der Waals surface area contributed by atoms with Crippen molar-refractivity contribution in [1.29, 1.82) is 0 Å². The number of rotatable bonds is 3. The molecule has 0 bridgehead atoms. The number of nitrogens with two attached hydrogens (primary N) is 1. The number of hydrazine groups is 1. The number of hydrogen-bond donors (Lipinski definition) is 2. The van der Waals surface area contributed by atoms with E-state index in [9.17, 15) is 0 Å². The Morgan fingerprint density at radius 1 is 2.00 bits per heavy atom. The first-order chi connectivity index (χ1) is 3.81. The van der Waals surface area contributed by atoms with E-state index in [1.807, 2.05) is 6.92 Å². The van der Waals surface area contributed by atoms with Crippen LogP contribution >= 0.6 is 0 Å². The van der Waals surface area contributed by atoms with Crippen LogP contribution in [0.1, 0.15) is 13.3 Å². The number of nitrogens with one attached hydrogen (secondary N) is 1. The molecular formula is C5H11N3. The minimum Gasteiger partial charge on any atom is -0.315 e. The summed E-state index contributed by atoms with van der Waals surface area (Å²) < 4.78 is 0. The van der Waals surface area contributed by atoms with Gasteiger partial charge in [-0.15, -0.1) is 0 Å². The molecule has 0 aromatic rings. The van der Waals surface area contributed by atoms with Crippen molar-refractivity contribution in [3.63, 3.8) is 0 Å². The molecule has 0 heterocycles. The van der Waals surface area contributed by atoms with E-state index >= 15 is 0 Å². The van der Waals surface area contributed by atoms with Crippen LogP contribution in [-0.4, -0.2) is 6.34 Å². The third-order valence-electron chi connectivity index (χ3n) is 0.730. The molecular weight excluding hydrogens is 102 g/mol. The van der Waals surface area contributed by atoms with Crippen LogP contribution in [-0.2, 0) is 0 Å². The lowest BCUT2D eigenvalue weighted by atomic mass is 10.4. The summed E-state index contributed by atoms with van der Waals surface area (Å²) in [6.07, 6.45) is 2.27. The highest BCUT2D eigenvalue weighted by Gasteiger charge is 1.77. The van der Waals surface area contributed by atoms with E-state index in [2.05, 4.69) is 17.0 Å². The van der Waals surface area contributed by atoms with Crippen LogP contribution in [0.2, 0.25) is 0 Å². The van der Waals surface area contributed by atoms with Gasteiger partial charge in [-0.2, -0.15) is 0 Å². The molecule has 0 unspecified atom stereocenters. The van der Waals surface area contributed by atoms with Gasteiger partial charge in [0.2, 0.25) is 0 Å². The van der Waals surface area contributed by atoms with Crippen molar-refractivity contribution >= 4 is 6.34 Å². The van der Waals surface area contributed by atoms with Gasteiger partial charge in [0.25, 0.3) is 0 Å². The Kier molecular flexibility index (Phi) is 3.88. The molecule has 0 aliphatic rings. The lowest BCUT2D eigenvalue weighted by Crippen LogP contribution is -2.18. The Bertz CT molecular complexity index is 95.8. The second kappa shape index (κ2) is 4.33. The average molecular weight is 113 g/mol. The SMILES string of the molecule is C=C(CC)N=CNN. The van der Waals surface area contributed by atoms with E-state index in [-0.39, 0.29) is 0 Å². The number of hydrogen-bond acceptors (Lipinski definition) is 2. The number of nitrogens with zero attached hydrogens (tertiary/aromatic N) is 1. The van der Waals surface area contributed by atoms with Crippen molar-refractivity contribution < 1.29 is 0 Å². The minimum atomic E-state index is 0.822. The van der Waals surface area contributed by atoms with Crippen molar-refractivity contribution in [1.82, 2.24) is 5.43 Å². The van der Waals surface area contributed by atoms with Gasteiger partial charge in [-0.05, 0) is 6.42 Å². The molecule has 0 saturated carbocycles. The Morgan fingerprint density at radius 3 is 3.00 bits per heavy atom. The van der Waals surface area contributed by atoms with Gasteiger partial charge in [-0.25, -0.2) is 10.8 Å². The standard InChI is InChI=1S/C5H11N3/c1-3-5(2)7-4-8-6/h4H,2-3,6H2,1H3,(H,7,8). The predicted octanol–water partition coefficient (Wildman–Crippen LogP) is 0.402. The fraction of sp³-hybridized carbons (Fsp3) is 0.400. The van der Waals surface area contributed by atoms with Crippen LogP contribution in [0.3, 0.4) is 0 Å². The molecule has 3 nitrogen and oxygen atoms in total. The zero-order valence-electron chi connectivity index (χ0n) is 5.02. The molecule has 0 rings (SSSR count). The summed E-state index contributed by atoms with van der Waals surface area (Å²) in [4.78, 5) is 3.81. The third kappa shape index (κ3) is 3.36. The summed E-state index contributed by atoms with van der Waals surface area (Å²) in [5.41, 5.74) is 3.10. The first-order valence-electron chi connectivity index (χ1n) is 2.47. The molecule has 0 saturated heterocycles. The Labute approximate surface area is 49.3 Å². The highest BCUT2D eigenvalue weighted by molar-refractivity contribution is 5.54. The fourth-order valence-electron chi connectivity index (χ4n) is 0.220. The second-order valence-corrected chi connectivity index (χ2v) is 1.34. The van der Waals surface area contributed by atoms with Crippen LogP contribution in [0.25, 0.3) is 0 Å². The van der Waals surface area contributed by atoms with Crippen LogP contribution in [0, 0.1) is 0 Å². The van der Waals surface area contributed by atoms with Crippen molar-refractivity contribution in [2.45, 2.75) is 13.3 Å². The van der Waals surface area contributed by atoms with Crippen molar-refractivity contribution in [3.8, 4) is 0 Å². The van der Waals surface area contributed by atoms with Gasteiger partial charge in [0.15, 0.2) is 0 Å². The summed E-state index contributed by atoms with van der Waals surface area (Å²) in [5, 5.41) is 0. The first-order valence-corrected chi connectivity index (χ1v) is 2.47. The lowest BCUT2D eigenvalue weighted by molar-refractivity contribution is 1.02. The lowest BCUT2D eigenvalue weighted by Gasteiger charge is -1.89. The summed E-state index contributed by atoms with van der Waals surface area (Å²) in [6, 6.07) is 0. The van der Waals surface area contributed by atoms with Crippen molar-refractivity contribution in [2.24, 2.45) is 10.8 Å². The molecule has 0 aliphatic carbocycles. The molecule has 0 aliphatic heterocycles. The Balaban J connectivity index is 3.37. The maximum absolute atomic E-state index is 4.89. The summed E-state index contributed by atoms with van der Waals surface area (Å²) in [6.45, 7) is 5.60. The van der Waals surface area contributed by atoms with Gasteiger partial charge in [-0.1, -0.05) is 13.5 Å². The minimum absolute atomic E-state index is 0.822. The molecule has 0 aromatic carbocycles. The monoisotopic (exact) mass is 113 g/mol. The highest BCUT2D eigenvalue weighted by atomic mass is 15.2. The van der Waals surface area contributed by atoms with Gasteiger partial charge in [-0.3, -0.25) is 0 Å². The van der Waals surface area contributed by atoms with Crippen molar-refractivity contribution in [3.05, 3.63) is 12.3 Å². The molecule has 0 aromatic heterocycles. The van der Waals surface area contributed by atoms with Crippen LogP contribution in [0.4, 0.5) is 0 Å². The van der Waals surface area contributed by atoms with Crippen LogP contribution < -0.4 is 11.3 Å². The van der Waals surface area contributed by atoms with Crippen molar-refractivity contribution in [2.75, 3.05) is 0 Å². The van der Waals surface area contributed by atoms with E-state index in [0.717, 1.165) is 12.1 Å². The van der Waals surface area contributed by atoms with Gasteiger partial charge in [0, 0.05) is 5.70 Å². The van der Waals surface area contributed by atoms with E-state index in [1.165, 1.54) is 6.34 Å². The molecule has 0 radical (unpaired) electrons. The smallest absolute Gasteiger partial charge is 0.102 e. The summed E-state index contributed by atoms with van der Waals surface area (Å²) in [7, 11) is 0. The average Bonchev–Trinajstić information content (AvgIpc) is 1.83. The molecule has 0 amide bonds. The third-order valence-corrected chi connectivity index (χ3v) is 0.730. The van der Waals surface area contributed by atoms with Gasteiger partial charge >= 0.3 is 0 Å². The molecule has 8 heavy (non-hydrogen) atoms. The molecule has 0 atom stereocenters. The molecule has 3 N–H and O–H groups in total. The number of aliphatic imine (C=N–C) groups is 1. The number of allylic oxidation sites excluding steroid dienone is 1. The van der Waals surface area contributed by atoms with Crippen LogP contribution in [0.15, 0.2) is 17.3 Å². The van der Waals surface area contributed by atoms with E-state index < -0.39 is 0 Å². The van der Waals surface area contributed by atoms with Gasteiger partial charge in [0.05, 0.1) is 0 Å². The van der Waals surface area contributed by atoms with Gasteiger partial charge in [0.1, 0.15) is 6.34 Å². The maximum Gasteiger partial charge on any atom is 0.102 e. The van der Waals surface area contributed by atoms with E-state index in [1.54, 1.807) is 0 Å². The highest BCUT2D eigenvalue weighted by Crippen LogP contribution is 1.93. The van der Waals surface area contributed by atoms with E-state index in [4.69, 9.17) is 5.84 Å². The Morgan fingerprint density at radius 2 is 2.62 bits per heavy atom. The zero-order chi connectivity index (χ0) is 6.41. The fourth-order valence-corrected chi connectivity index (χ4v) is 0.220. The molecule has 0 fully saturated rings. The normalized spacial score (nSPS) is 9.75. The molecule has 46 valence electrons. The second-order valence-electron chi connectivity index (χ2n) is 1.34. The topological polar surface area (TPSA) is 50.4 Å². The van der Waals surface area contributed by atoms with E-state index in [0.29, 0.717) is 0 Å². The maximum atomic E-state index is 4.89. The quantitative estimate of drug-likeness (QED) is 0.241. The zero-order valence-corrected chi connectivity index (χ0v) is 5.02. The van der Waals surface area contributed by atoms with Crippen LogP contribution in [0.5, 0.6) is 0 Å². The molecule has 3 heteroatoms.